The van der Waals surface area contributed by atoms with Crippen molar-refractivity contribution < 1.29 is 81.3 Å². The second-order valence-electron chi connectivity index (χ2n) is 41.6. The quantitative estimate of drug-likeness (QED) is 0.0191. The third-order valence-electron chi connectivity index (χ3n) is 27.4. The molecule has 44 heteroatoms. The first kappa shape index (κ1) is 111. The molecule has 0 radical (unpaired) electrons. The molecule has 4 saturated carbocycles. The van der Waals surface area contributed by atoms with Crippen molar-refractivity contribution in [2.75, 3.05) is 126 Å². The van der Waals surface area contributed by atoms with Crippen LogP contribution in [-0.4, -0.2) is 249 Å². The fourth-order valence-electron chi connectivity index (χ4n) is 19.6. The molecule has 0 unspecified atom stereocenters. The molecule has 3 amide bonds. The number of rotatable bonds is 26. The maximum absolute atomic E-state index is 13.5. The van der Waals surface area contributed by atoms with Crippen molar-refractivity contribution in [2.45, 2.75) is 263 Å². The summed E-state index contributed by atoms with van der Waals surface area (Å²) in [6, 6.07) is 17.4. The summed E-state index contributed by atoms with van der Waals surface area (Å²) in [6.45, 7) is 20.0. The number of aliphatic hydroxyl groups is 1. The predicted molar refractivity (Wildman–Crippen MR) is 559 cm³/mol. The molecule has 7 aliphatic rings. The predicted octanol–water partition coefficient (Wildman–Crippen LogP) is 16.6. The fraction of sp³-hybridized carbons (Fsp3) is 0.558. The summed E-state index contributed by atoms with van der Waals surface area (Å²) in [4.78, 5) is 150. The van der Waals surface area contributed by atoms with E-state index in [-0.39, 0.29) is 116 Å². The van der Waals surface area contributed by atoms with Gasteiger partial charge in [0.2, 0.25) is 0 Å². The number of hydrogen-bond donors (Lipinski definition) is 5. The Morgan fingerprint density at radius 2 is 0.723 bits per heavy atom. The van der Waals surface area contributed by atoms with Crippen molar-refractivity contribution in [1.82, 2.24) is 72.1 Å². The van der Waals surface area contributed by atoms with E-state index in [1.165, 1.54) is 59.0 Å². The van der Waals surface area contributed by atoms with Crippen LogP contribution in [0.2, 0.25) is 10.3 Å². The number of nitrogens with two attached hydrogens (primary N) is 1. The molecular weight excluding hydrogens is 1950 g/mol. The van der Waals surface area contributed by atoms with Crippen molar-refractivity contribution in [3.8, 4) is 0 Å². The minimum atomic E-state index is -0.718. The average molecular weight is 2090 g/mol. The second-order valence-corrected chi connectivity index (χ2v) is 42.4. The zero-order valence-corrected chi connectivity index (χ0v) is 88.6. The monoisotopic (exact) mass is 2080 g/mol. The van der Waals surface area contributed by atoms with Gasteiger partial charge in [0.15, 0.2) is 45.7 Å². The molecule has 7 fully saturated rings. The van der Waals surface area contributed by atoms with E-state index in [9.17, 15) is 53.1 Å². The number of methoxy groups -OCH3 is 3. The van der Waals surface area contributed by atoms with Gasteiger partial charge in [-0.1, -0.05) is 23.2 Å². The topological polar surface area (TPSA) is 481 Å². The van der Waals surface area contributed by atoms with Crippen LogP contribution in [0.5, 0.6) is 0 Å². The molecule has 18 rings (SSSR count). The van der Waals surface area contributed by atoms with Crippen LogP contribution in [0.15, 0.2) is 118 Å². The van der Waals surface area contributed by atoms with Crippen molar-refractivity contribution in [2.24, 2.45) is 23.7 Å². The molecule has 11 aromatic heterocycles. The maximum Gasteiger partial charge on any atom is 0.415 e. The zero-order valence-electron chi connectivity index (χ0n) is 87.1. The van der Waals surface area contributed by atoms with Gasteiger partial charge in [-0.2, -0.15) is 38.5 Å². The Labute approximate surface area is 867 Å². The number of hydrogen-bond acceptors (Lipinski definition) is 32. The Bertz CT molecular complexity index is 6730. The zero-order chi connectivity index (χ0) is 106. The Hall–Kier alpha value is -12.7. The summed E-state index contributed by atoms with van der Waals surface area (Å²) >= 11 is 12.3. The summed E-state index contributed by atoms with van der Waals surface area (Å²) in [6.07, 6.45) is 27.0. The number of aromatic nitrogens is 15. The number of anilines is 9. The first-order valence-electron chi connectivity index (χ1n) is 50.5. The van der Waals surface area contributed by atoms with E-state index in [4.69, 9.17) is 76.6 Å². The van der Waals surface area contributed by atoms with Crippen molar-refractivity contribution in [3.05, 3.63) is 168 Å². The van der Waals surface area contributed by atoms with E-state index < -0.39 is 35.1 Å². The van der Waals surface area contributed by atoms with Crippen molar-refractivity contribution in [1.29, 1.82) is 0 Å². The molecule has 14 heterocycles. The number of ketones is 4. The third-order valence-corrected chi connectivity index (χ3v) is 27.8. The Balaban J connectivity index is 0.000000150. The average Bonchev–Trinajstić information content (AvgIpc) is 1.64. The normalized spacial score (nSPS) is 19.8. The molecule has 0 bridgehead atoms. The van der Waals surface area contributed by atoms with Crippen LogP contribution in [0.4, 0.5) is 66.4 Å². The number of halogens is 2. The highest BCUT2D eigenvalue weighted by Crippen LogP contribution is 2.39. The van der Waals surface area contributed by atoms with Crippen LogP contribution in [0, 0.1) is 23.7 Å². The first-order chi connectivity index (χ1) is 70.5. The number of nitrogens with zero attached hydrogens (tertiary/aromatic N) is 18. The van der Waals surface area contributed by atoms with Crippen LogP contribution in [-0.2, 0) is 42.6 Å². The highest BCUT2D eigenvalue weighted by molar-refractivity contribution is 6.30. The number of Topliss-reactive ketones (excluding diaryl/α,β-unsaturated/α-hetero) is 4. The smallest absolute Gasteiger partial charge is 0.415 e. The van der Waals surface area contributed by atoms with Gasteiger partial charge < -0.3 is 83.1 Å². The second kappa shape index (κ2) is 49.2. The van der Waals surface area contributed by atoms with Crippen molar-refractivity contribution in [3.63, 3.8) is 0 Å². The largest absolute Gasteiger partial charge is 0.443 e. The number of fused-ring (bicyclic) bond motifs is 4. The molecular formula is C104H138Cl2N22O20. The van der Waals surface area contributed by atoms with E-state index in [0.717, 1.165) is 122 Å². The number of nitrogens with one attached hydrogen (secondary N) is 3. The molecule has 4 aliphatic carbocycles. The van der Waals surface area contributed by atoms with Gasteiger partial charge in [0, 0.05) is 176 Å². The third kappa shape index (κ3) is 28.1. The van der Waals surface area contributed by atoms with Gasteiger partial charge in [-0.25, -0.2) is 34.3 Å². The number of amides is 3. The summed E-state index contributed by atoms with van der Waals surface area (Å²) in [5.74, 6) is 3.24. The Morgan fingerprint density at radius 1 is 0.419 bits per heavy atom. The van der Waals surface area contributed by atoms with E-state index >= 15 is 0 Å². The molecule has 3 saturated heterocycles. The van der Waals surface area contributed by atoms with Gasteiger partial charge in [0.05, 0.1) is 77.1 Å². The highest BCUT2D eigenvalue weighted by atomic mass is 35.5. The van der Waals surface area contributed by atoms with E-state index in [0.29, 0.717) is 156 Å². The van der Waals surface area contributed by atoms with Crippen LogP contribution in [0.1, 0.15) is 263 Å². The van der Waals surface area contributed by atoms with Gasteiger partial charge in [-0.3, -0.25) is 48.3 Å². The van der Waals surface area contributed by atoms with E-state index in [1.54, 1.807) is 179 Å². The lowest BCUT2D eigenvalue weighted by Gasteiger charge is -2.25. The Kier molecular flexibility index (Phi) is 36.9. The Morgan fingerprint density at radius 3 is 1.05 bits per heavy atom. The number of aliphatic hydroxyl groups excluding tert-OH is 1. The minimum absolute atomic E-state index is 0.0232. The lowest BCUT2D eigenvalue weighted by Crippen LogP contribution is -2.35. The fourth-order valence-corrected chi connectivity index (χ4v) is 20.0. The molecule has 6 N–H and O–H groups in total. The van der Waals surface area contributed by atoms with Crippen LogP contribution in [0.3, 0.4) is 0 Å². The number of carbonyl (C=O) groups is 7. The van der Waals surface area contributed by atoms with Gasteiger partial charge in [0.25, 0.3) is 16.7 Å². The lowest BCUT2D eigenvalue weighted by molar-refractivity contribution is 0.0577. The number of ether oxygens (including phenoxy) is 9. The number of nitrogen functional groups attached to an aromatic ring is 1. The number of carbonyl (C=O) groups excluding carboxylic acids is 7. The molecule has 3 aliphatic heterocycles. The summed E-state index contributed by atoms with van der Waals surface area (Å²) in [5.41, 5.74) is 7.21. The van der Waals surface area contributed by atoms with Crippen LogP contribution < -0.4 is 53.1 Å². The van der Waals surface area contributed by atoms with Gasteiger partial charge in [-0.15, -0.1) is 0 Å². The maximum atomic E-state index is 13.5. The van der Waals surface area contributed by atoms with Gasteiger partial charge >= 0.3 is 18.3 Å². The highest BCUT2D eigenvalue weighted by Gasteiger charge is 2.37. The summed E-state index contributed by atoms with van der Waals surface area (Å²) in [5, 5.41) is 36.8. The molecule has 148 heavy (non-hydrogen) atoms. The standard InChI is InChI=1S/C30H40N6O6.C25H32N6O4.C20H27ClN4O4.C19H25ClN4O4.C10H14N2O2/c1-30(2,3)42-29(39)34(4)26-17-25(32-23-7-6-12-35(28(23)38)20-10-13-41-14-11-20)33-27-22(18-31-36(26)27)24(37)16-19-8-9-21(15-19)40-5;1-26-23-14-22(28-20-4-3-9-30(25(20)33)17-7-10-35-11-8-17)29-24-19(15-27-31(23)24)21(32)13-16-5-6-18(12-16)34-2;1-20(2,3)29-19(27)24(4)17-10-16(21)23-18-14(11-22-25(17)18)15(26)9-12-6-7-13(8-12)28-5;1-19(2,3)28-18(27)23(4)16-9-15(20)22-17-13(10-21-24(16)17)14(26)8-11-5-6-12(25)7-11;11-9-2-1-5-12(10(9)13)8-3-6-14-7-4-8/h6-7,12,17-21H,8-11,13-16H2,1-5H3,(H,32,33);3-4,9,14-18,26H,5-8,10-13H2,1-2H3,(H,28,29);10-13H,6-9H2,1-5H3;9-12,25H,5-8H2,1-4H3;1-2,5,8H,3-4,6-7,11H2/t19-,21-;16-,18-;12-,13-;11-,12-;/m1111./s1. The van der Waals surface area contributed by atoms with E-state index in [1.807, 2.05) is 24.4 Å². The van der Waals surface area contributed by atoms with Crippen LogP contribution >= 0.6 is 23.2 Å². The molecule has 0 spiro atoms. The van der Waals surface area contributed by atoms with Crippen LogP contribution in [0.25, 0.3) is 22.6 Å². The number of pyridine rings is 3. The molecule has 11 aromatic rings. The minimum Gasteiger partial charge on any atom is -0.443 e. The summed E-state index contributed by atoms with van der Waals surface area (Å²) in [7, 11) is 11.6. The molecule has 8 atom stereocenters. The van der Waals surface area contributed by atoms with Gasteiger partial charge in [-0.05, 0) is 238 Å². The van der Waals surface area contributed by atoms with Gasteiger partial charge in [0.1, 0.15) is 73.4 Å². The lowest BCUT2D eigenvalue weighted by atomic mass is 9.98. The molecule has 798 valence electrons. The van der Waals surface area contributed by atoms with E-state index in [2.05, 4.69) is 51.3 Å². The SMILES string of the molecule is CN(C(=O)OC(C)(C)C)c1cc(Cl)nc2c(C(=O)C[C@@H]3CC[C@@H](O)C3)cnn12.CNc1cc(Nc2cccn(C3CCOCC3)c2=O)nc2c(C(=O)C[C@@H]3CC[C@@H](OC)C3)cnn12.CO[C@@H]1CC[C@@H](CC(=O)c2cnn3c(N(C)C(=O)OC(C)(C)C)cc(Cl)nc23)C1.CO[C@@H]1CC[C@@H](CC(=O)c2cnn3c(N(C)C(=O)OC(C)(C)C)cc(Nc4cccn(C5CCOCC5)c4=O)nc23)C1.Nc1cccn(C2CCOCC2)c1=O. The first-order valence-corrected chi connectivity index (χ1v) is 51.3. The molecule has 42 nitrogen and oxygen atoms in total. The molecule has 0 aromatic carbocycles. The summed E-state index contributed by atoms with van der Waals surface area (Å²) < 4.78 is 60.0. The van der Waals surface area contributed by atoms with Crippen molar-refractivity contribution >= 4 is 139 Å².